The molecule has 3 nitrogen and oxygen atoms in total. The number of benzene rings is 3. The van der Waals surface area contributed by atoms with Gasteiger partial charge in [0.15, 0.2) is 0 Å². The minimum Gasteiger partial charge on any atom is -0.323 e. The van der Waals surface area contributed by atoms with Crippen LogP contribution >= 0.6 is 31.9 Å². The minimum atomic E-state index is -0.0999. The van der Waals surface area contributed by atoms with Gasteiger partial charge in [0.1, 0.15) is 0 Å². The highest BCUT2D eigenvalue weighted by Gasteiger charge is 2.16. The first-order chi connectivity index (χ1) is 13.0. The molecule has 27 heavy (non-hydrogen) atoms. The molecule has 3 aromatic carbocycles. The lowest BCUT2D eigenvalue weighted by Gasteiger charge is -2.20. The van der Waals surface area contributed by atoms with Gasteiger partial charge >= 0.3 is 0 Å². The number of anilines is 1. The molecule has 0 aromatic heterocycles. The van der Waals surface area contributed by atoms with Crippen molar-refractivity contribution in [2.75, 3.05) is 11.9 Å². The van der Waals surface area contributed by atoms with E-state index >= 15 is 0 Å². The van der Waals surface area contributed by atoms with Gasteiger partial charge in [0.25, 0.3) is 0 Å². The van der Waals surface area contributed by atoms with Gasteiger partial charge in [-0.15, -0.1) is 0 Å². The Kier molecular flexibility index (Phi) is 6.83. The summed E-state index contributed by atoms with van der Waals surface area (Å²) in [4.78, 5) is 12.6. The molecule has 0 saturated carbocycles. The molecule has 0 spiro atoms. The van der Waals surface area contributed by atoms with E-state index in [1.54, 1.807) is 0 Å². The molecule has 0 unspecified atom stereocenters. The van der Waals surface area contributed by atoms with E-state index in [0.29, 0.717) is 0 Å². The van der Waals surface area contributed by atoms with Crippen molar-refractivity contribution in [2.45, 2.75) is 13.0 Å². The first kappa shape index (κ1) is 19.8. The van der Waals surface area contributed by atoms with Crippen LogP contribution in [-0.2, 0) is 4.79 Å². The Hall–Kier alpha value is -1.95. The van der Waals surface area contributed by atoms with Gasteiger partial charge in [-0.3, -0.25) is 10.1 Å². The Bertz CT molecular complexity index is 852. The van der Waals surface area contributed by atoms with Crippen LogP contribution < -0.4 is 10.6 Å². The van der Waals surface area contributed by atoms with Gasteiger partial charge in [0.2, 0.25) is 5.91 Å². The predicted molar refractivity (Wildman–Crippen MR) is 118 cm³/mol. The fourth-order valence-electron chi connectivity index (χ4n) is 2.92. The molecule has 0 bridgehead atoms. The molecule has 2 N–H and O–H groups in total. The maximum absolute atomic E-state index is 12.6. The van der Waals surface area contributed by atoms with Crippen molar-refractivity contribution in [3.63, 3.8) is 0 Å². The van der Waals surface area contributed by atoms with Gasteiger partial charge in [0.05, 0.1) is 18.3 Å². The third kappa shape index (κ3) is 5.28. The van der Waals surface area contributed by atoms with Crippen LogP contribution in [0.25, 0.3) is 0 Å². The number of carbonyl (C=O) groups excluding carboxylic acids is 1. The first-order valence-electron chi connectivity index (χ1n) is 8.63. The number of hydrogen-bond donors (Lipinski definition) is 2. The second-order valence-corrected chi connectivity index (χ2v) is 8.00. The number of nitrogens with one attached hydrogen (secondary N) is 2. The quantitative estimate of drug-likeness (QED) is 0.458. The molecule has 3 aromatic rings. The van der Waals surface area contributed by atoms with Crippen LogP contribution in [0, 0.1) is 6.92 Å². The zero-order valence-corrected chi connectivity index (χ0v) is 18.0. The van der Waals surface area contributed by atoms with Crippen LogP contribution in [0.3, 0.4) is 0 Å². The van der Waals surface area contributed by atoms with Crippen LogP contribution in [0.4, 0.5) is 5.69 Å². The van der Waals surface area contributed by atoms with Crippen molar-refractivity contribution in [3.05, 3.63) is 98.4 Å². The Labute approximate surface area is 176 Å². The molecule has 0 saturated heterocycles. The molecule has 0 atom stereocenters. The molecular formula is C22H20Br2N2O. The highest BCUT2D eigenvalue weighted by atomic mass is 79.9. The standard InChI is InChI=1S/C22H20Br2N2O/c1-15-12-18(23)22(19(24)13-15)26-20(27)14-25-21(16-8-4-2-5-9-16)17-10-6-3-7-11-17/h2-13,21,25H,14H2,1H3,(H,26,27). The van der Waals surface area contributed by atoms with Crippen molar-refractivity contribution < 1.29 is 4.79 Å². The SMILES string of the molecule is Cc1cc(Br)c(NC(=O)CNC(c2ccccc2)c2ccccc2)c(Br)c1. The van der Waals surface area contributed by atoms with Crippen molar-refractivity contribution >= 4 is 43.5 Å². The highest BCUT2D eigenvalue weighted by Crippen LogP contribution is 2.32. The number of hydrogen-bond acceptors (Lipinski definition) is 2. The molecule has 0 aliphatic carbocycles. The van der Waals surface area contributed by atoms with E-state index in [2.05, 4.69) is 66.8 Å². The largest absolute Gasteiger partial charge is 0.323 e. The summed E-state index contributed by atoms with van der Waals surface area (Å²) in [6.07, 6.45) is 0. The zero-order valence-electron chi connectivity index (χ0n) is 14.9. The summed E-state index contributed by atoms with van der Waals surface area (Å²) in [6.45, 7) is 2.20. The topological polar surface area (TPSA) is 41.1 Å². The summed E-state index contributed by atoms with van der Waals surface area (Å²) in [5, 5.41) is 6.35. The van der Waals surface area contributed by atoms with Gasteiger partial charge < -0.3 is 5.32 Å². The maximum Gasteiger partial charge on any atom is 0.238 e. The monoisotopic (exact) mass is 486 g/mol. The molecule has 0 aliphatic heterocycles. The summed E-state index contributed by atoms with van der Waals surface area (Å²) in [5.74, 6) is -0.0999. The van der Waals surface area contributed by atoms with Crippen LogP contribution in [0.5, 0.6) is 0 Å². The number of amides is 1. The number of carbonyl (C=O) groups is 1. The summed E-state index contributed by atoms with van der Waals surface area (Å²) >= 11 is 7.03. The molecule has 3 rings (SSSR count). The molecule has 0 aliphatic rings. The van der Waals surface area contributed by atoms with Gasteiger partial charge in [-0.2, -0.15) is 0 Å². The Morgan fingerprint density at radius 3 is 1.85 bits per heavy atom. The van der Waals surface area contributed by atoms with E-state index in [4.69, 9.17) is 0 Å². The van der Waals surface area contributed by atoms with E-state index in [9.17, 15) is 4.79 Å². The van der Waals surface area contributed by atoms with E-state index < -0.39 is 0 Å². The minimum absolute atomic E-state index is 0.0527. The average molecular weight is 488 g/mol. The lowest BCUT2D eigenvalue weighted by atomic mass is 9.99. The van der Waals surface area contributed by atoms with E-state index in [1.807, 2.05) is 55.5 Å². The second kappa shape index (κ2) is 9.31. The number of rotatable bonds is 6. The van der Waals surface area contributed by atoms with Gasteiger partial charge in [-0.25, -0.2) is 0 Å². The molecule has 0 fully saturated rings. The number of aryl methyl sites for hydroxylation is 1. The van der Waals surface area contributed by atoms with Crippen LogP contribution in [0.1, 0.15) is 22.7 Å². The molecule has 0 radical (unpaired) electrons. The van der Waals surface area contributed by atoms with Gasteiger partial charge in [0, 0.05) is 8.95 Å². The van der Waals surface area contributed by atoms with Crippen molar-refractivity contribution in [2.24, 2.45) is 0 Å². The van der Waals surface area contributed by atoms with Gasteiger partial charge in [-0.1, -0.05) is 60.7 Å². The number of halogens is 2. The van der Waals surface area contributed by atoms with Crippen LogP contribution in [-0.4, -0.2) is 12.5 Å². The van der Waals surface area contributed by atoms with Crippen LogP contribution in [0.2, 0.25) is 0 Å². The highest BCUT2D eigenvalue weighted by molar-refractivity contribution is 9.11. The fraction of sp³-hybridized carbons (Fsp3) is 0.136. The van der Waals surface area contributed by atoms with E-state index in [-0.39, 0.29) is 18.5 Å². The third-order valence-electron chi connectivity index (χ3n) is 4.18. The maximum atomic E-state index is 12.6. The lowest BCUT2D eigenvalue weighted by molar-refractivity contribution is -0.115. The summed E-state index contributed by atoms with van der Waals surface area (Å²) < 4.78 is 1.70. The van der Waals surface area contributed by atoms with Crippen molar-refractivity contribution in [1.29, 1.82) is 0 Å². The Balaban J connectivity index is 1.73. The molecule has 0 heterocycles. The second-order valence-electron chi connectivity index (χ2n) is 6.29. The normalized spacial score (nSPS) is 10.8. The Morgan fingerprint density at radius 1 is 0.889 bits per heavy atom. The first-order valence-corrected chi connectivity index (χ1v) is 10.2. The smallest absolute Gasteiger partial charge is 0.238 e. The lowest BCUT2D eigenvalue weighted by Crippen LogP contribution is -2.32. The molecule has 5 heteroatoms. The van der Waals surface area contributed by atoms with Gasteiger partial charge in [-0.05, 0) is 67.6 Å². The Morgan fingerprint density at radius 2 is 1.37 bits per heavy atom. The third-order valence-corrected chi connectivity index (χ3v) is 5.43. The van der Waals surface area contributed by atoms with Crippen molar-refractivity contribution in [3.8, 4) is 0 Å². The van der Waals surface area contributed by atoms with Crippen LogP contribution in [0.15, 0.2) is 81.7 Å². The summed E-state index contributed by atoms with van der Waals surface area (Å²) in [7, 11) is 0. The van der Waals surface area contributed by atoms with E-state index in [1.165, 1.54) is 0 Å². The van der Waals surface area contributed by atoms with E-state index in [0.717, 1.165) is 31.3 Å². The summed E-state index contributed by atoms with van der Waals surface area (Å²) in [5.41, 5.74) is 4.09. The average Bonchev–Trinajstić information content (AvgIpc) is 2.66. The molecule has 1 amide bonds. The zero-order chi connectivity index (χ0) is 19.2. The molecular weight excluding hydrogens is 468 g/mol. The molecule has 138 valence electrons. The predicted octanol–water partition coefficient (Wildman–Crippen LogP) is 5.84. The fourth-order valence-corrected chi connectivity index (χ4v) is 4.53. The van der Waals surface area contributed by atoms with Crippen molar-refractivity contribution in [1.82, 2.24) is 5.32 Å². The summed E-state index contributed by atoms with van der Waals surface area (Å²) in [6, 6.07) is 24.2.